The molecule has 2 rings (SSSR count). The molecule has 1 heterocycles. The lowest BCUT2D eigenvalue weighted by molar-refractivity contribution is 0.288. The Morgan fingerprint density at radius 2 is 1.94 bits per heavy atom. The van der Waals surface area contributed by atoms with Crippen LogP contribution in [0.1, 0.15) is 26.7 Å². The molecule has 0 unspecified atom stereocenters. The fraction of sp³-hybridized carbons (Fsp3) is 0.500. The molecule has 0 bridgehead atoms. The summed E-state index contributed by atoms with van der Waals surface area (Å²) in [6, 6.07) is 5.90. The van der Waals surface area contributed by atoms with Crippen LogP contribution >= 0.6 is 0 Å². The van der Waals surface area contributed by atoms with E-state index in [0.29, 0.717) is 13.2 Å². The highest BCUT2D eigenvalue weighted by Gasteiger charge is 2.09. The topological polar surface area (TPSA) is 42.8 Å². The molecule has 1 N–H and O–H groups in total. The molecular formula is C14H20N2O2. The number of anilines is 1. The van der Waals surface area contributed by atoms with Crippen LogP contribution in [0.25, 0.3) is 0 Å². The maximum atomic E-state index is 5.59. The van der Waals surface area contributed by atoms with E-state index in [1.807, 2.05) is 32.0 Å². The maximum Gasteiger partial charge on any atom is 0.163 e. The number of hydrogen-bond donors (Lipinski definition) is 1. The predicted octanol–water partition coefficient (Wildman–Crippen LogP) is 3.09. The molecule has 1 aromatic carbocycles. The van der Waals surface area contributed by atoms with Gasteiger partial charge in [-0.25, -0.2) is 0 Å². The van der Waals surface area contributed by atoms with Gasteiger partial charge in [-0.1, -0.05) is 0 Å². The Balaban J connectivity index is 2.13. The Hall–Kier alpha value is -1.71. The Labute approximate surface area is 108 Å². The molecule has 1 aromatic rings. The minimum atomic E-state index is 0.629. The molecule has 0 aliphatic carbocycles. The SMILES string of the molecule is CCOc1ccc(NC2=NCCC2)cc1OCC. The van der Waals surface area contributed by atoms with Crippen LogP contribution in [0.3, 0.4) is 0 Å². The van der Waals surface area contributed by atoms with Crippen LogP contribution in [0.4, 0.5) is 5.69 Å². The Morgan fingerprint density at radius 3 is 2.61 bits per heavy atom. The molecule has 0 saturated heterocycles. The number of rotatable bonds is 5. The zero-order chi connectivity index (χ0) is 12.8. The van der Waals surface area contributed by atoms with Gasteiger partial charge in [0, 0.05) is 24.7 Å². The first-order valence-electron chi connectivity index (χ1n) is 6.53. The molecule has 4 heteroatoms. The molecule has 0 aromatic heterocycles. The lowest BCUT2D eigenvalue weighted by Crippen LogP contribution is -2.08. The smallest absolute Gasteiger partial charge is 0.163 e. The fourth-order valence-electron chi connectivity index (χ4n) is 1.94. The van der Waals surface area contributed by atoms with E-state index in [4.69, 9.17) is 9.47 Å². The van der Waals surface area contributed by atoms with Crippen LogP contribution in [0.2, 0.25) is 0 Å². The number of nitrogens with one attached hydrogen (secondary N) is 1. The fourth-order valence-corrected chi connectivity index (χ4v) is 1.94. The van der Waals surface area contributed by atoms with Crippen LogP contribution in [-0.4, -0.2) is 25.6 Å². The highest BCUT2D eigenvalue weighted by atomic mass is 16.5. The van der Waals surface area contributed by atoms with Gasteiger partial charge in [0.25, 0.3) is 0 Å². The largest absolute Gasteiger partial charge is 0.490 e. The molecule has 1 aliphatic heterocycles. The summed E-state index contributed by atoms with van der Waals surface area (Å²) in [5, 5.41) is 3.32. The van der Waals surface area contributed by atoms with Crippen molar-refractivity contribution in [3.63, 3.8) is 0 Å². The lowest BCUT2D eigenvalue weighted by Gasteiger charge is -2.13. The monoisotopic (exact) mass is 248 g/mol. The summed E-state index contributed by atoms with van der Waals surface area (Å²) < 4.78 is 11.1. The second kappa shape index (κ2) is 6.28. The Morgan fingerprint density at radius 1 is 1.17 bits per heavy atom. The first-order chi connectivity index (χ1) is 8.83. The second-order valence-electron chi connectivity index (χ2n) is 4.08. The van der Waals surface area contributed by atoms with Gasteiger partial charge in [-0.3, -0.25) is 4.99 Å². The molecule has 0 radical (unpaired) electrons. The van der Waals surface area contributed by atoms with Crippen molar-refractivity contribution < 1.29 is 9.47 Å². The molecule has 4 nitrogen and oxygen atoms in total. The van der Waals surface area contributed by atoms with Crippen LogP contribution in [0, 0.1) is 0 Å². The average molecular weight is 248 g/mol. The summed E-state index contributed by atoms with van der Waals surface area (Å²) in [6.45, 7) is 6.13. The molecule has 0 amide bonds. The second-order valence-corrected chi connectivity index (χ2v) is 4.08. The summed E-state index contributed by atoms with van der Waals surface area (Å²) in [7, 11) is 0. The number of amidine groups is 1. The van der Waals surface area contributed by atoms with Crippen LogP contribution in [0.15, 0.2) is 23.2 Å². The van der Waals surface area contributed by atoms with Crippen molar-refractivity contribution in [2.24, 2.45) is 4.99 Å². The first-order valence-corrected chi connectivity index (χ1v) is 6.53. The number of nitrogens with zero attached hydrogens (tertiary/aromatic N) is 1. The molecule has 0 spiro atoms. The first kappa shape index (κ1) is 12.7. The van der Waals surface area contributed by atoms with E-state index in [2.05, 4.69) is 10.3 Å². The molecule has 0 fully saturated rings. The van der Waals surface area contributed by atoms with E-state index in [9.17, 15) is 0 Å². The zero-order valence-electron chi connectivity index (χ0n) is 11.0. The van der Waals surface area contributed by atoms with Gasteiger partial charge < -0.3 is 14.8 Å². The van der Waals surface area contributed by atoms with E-state index in [1.165, 1.54) is 0 Å². The summed E-state index contributed by atoms with van der Waals surface area (Å²) in [5.74, 6) is 2.63. The van der Waals surface area contributed by atoms with Crippen molar-refractivity contribution in [3.8, 4) is 11.5 Å². The van der Waals surface area contributed by atoms with Crippen molar-refractivity contribution in [3.05, 3.63) is 18.2 Å². The highest BCUT2D eigenvalue weighted by molar-refractivity contribution is 5.96. The van der Waals surface area contributed by atoms with Crippen LogP contribution in [0.5, 0.6) is 11.5 Å². The summed E-state index contributed by atoms with van der Waals surface area (Å²) in [4.78, 5) is 4.40. The minimum Gasteiger partial charge on any atom is -0.490 e. The van der Waals surface area contributed by atoms with Gasteiger partial charge in [0.05, 0.1) is 13.2 Å². The van der Waals surface area contributed by atoms with Gasteiger partial charge >= 0.3 is 0 Å². The third kappa shape index (κ3) is 3.15. The zero-order valence-corrected chi connectivity index (χ0v) is 11.0. The molecule has 0 saturated carbocycles. The normalized spacial score (nSPS) is 14.2. The van der Waals surface area contributed by atoms with Crippen molar-refractivity contribution >= 4 is 11.5 Å². The summed E-state index contributed by atoms with van der Waals surface area (Å²) in [5.41, 5.74) is 1.00. The van der Waals surface area contributed by atoms with Crippen molar-refractivity contribution in [2.75, 3.05) is 25.1 Å². The molecule has 1 aliphatic rings. The van der Waals surface area contributed by atoms with Crippen LogP contribution in [-0.2, 0) is 0 Å². The average Bonchev–Trinajstić information content (AvgIpc) is 2.86. The number of aliphatic imine (C=N–C) groups is 1. The van der Waals surface area contributed by atoms with Gasteiger partial charge in [0.1, 0.15) is 5.84 Å². The lowest BCUT2D eigenvalue weighted by atomic mass is 10.2. The maximum absolute atomic E-state index is 5.59. The van der Waals surface area contributed by atoms with E-state index >= 15 is 0 Å². The number of benzene rings is 1. The van der Waals surface area contributed by atoms with E-state index in [0.717, 1.165) is 42.4 Å². The van der Waals surface area contributed by atoms with Gasteiger partial charge in [-0.2, -0.15) is 0 Å². The molecule has 18 heavy (non-hydrogen) atoms. The highest BCUT2D eigenvalue weighted by Crippen LogP contribution is 2.30. The van der Waals surface area contributed by atoms with Crippen molar-refractivity contribution in [1.82, 2.24) is 0 Å². The standard InChI is InChI=1S/C14H20N2O2/c1-3-17-12-8-7-11(10-13(12)18-4-2)16-14-6-5-9-15-14/h7-8,10H,3-6,9H2,1-2H3,(H,15,16). The minimum absolute atomic E-state index is 0.629. The summed E-state index contributed by atoms with van der Waals surface area (Å²) >= 11 is 0. The Kier molecular flexibility index (Phi) is 4.45. The number of hydrogen-bond acceptors (Lipinski definition) is 4. The molecule has 98 valence electrons. The van der Waals surface area contributed by atoms with Gasteiger partial charge in [0.2, 0.25) is 0 Å². The van der Waals surface area contributed by atoms with E-state index in [1.54, 1.807) is 0 Å². The van der Waals surface area contributed by atoms with E-state index in [-0.39, 0.29) is 0 Å². The van der Waals surface area contributed by atoms with Gasteiger partial charge in [-0.15, -0.1) is 0 Å². The third-order valence-corrected chi connectivity index (χ3v) is 2.71. The third-order valence-electron chi connectivity index (χ3n) is 2.71. The molecule has 0 atom stereocenters. The van der Waals surface area contributed by atoms with Crippen LogP contribution < -0.4 is 14.8 Å². The molecular weight excluding hydrogens is 228 g/mol. The summed E-state index contributed by atoms with van der Waals surface area (Å²) in [6.07, 6.45) is 2.16. The quantitative estimate of drug-likeness (QED) is 0.870. The Bertz CT molecular complexity index is 430. The number of ether oxygens (including phenoxy) is 2. The van der Waals surface area contributed by atoms with Gasteiger partial charge in [-0.05, 0) is 32.4 Å². The van der Waals surface area contributed by atoms with Crippen molar-refractivity contribution in [1.29, 1.82) is 0 Å². The van der Waals surface area contributed by atoms with E-state index < -0.39 is 0 Å². The van der Waals surface area contributed by atoms with Crippen molar-refractivity contribution in [2.45, 2.75) is 26.7 Å². The van der Waals surface area contributed by atoms with Gasteiger partial charge in [0.15, 0.2) is 11.5 Å². The predicted molar refractivity (Wildman–Crippen MR) is 73.9 cm³/mol.